The van der Waals surface area contributed by atoms with Crippen molar-refractivity contribution in [2.45, 2.75) is 32.4 Å². The summed E-state index contributed by atoms with van der Waals surface area (Å²) in [7, 11) is 0. The predicted octanol–water partition coefficient (Wildman–Crippen LogP) is 3.68. The number of halogens is 3. The van der Waals surface area contributed by atoms with Crippen LogP contribution in [-0.2, 0) is 15.7 Å². The van der Waals surface area contributed by atoms with E-state index in [0.717, 1.165) is 25.3 Å². The van der Waals surface area contributed by atoms with E-state index >= 15 is 0 Å². The third-order valence-electron chi connectivity index (χ3n) is 6.76. The first kappa shape index (κ1) is 21.0. The Balaban J connectivity index is 1.57. The minimum absolute atomic E-state index is 0.142. The lowest BCUT2D eigenvalue weighted by Gasteiger charge is -2.44. The van der Waals surface area contributed by atoms with Crippen molar-refractivity contribution in [2.75, 3.05) is 44.3 Å². The van der Waals surface area contributed by atoms with Crippen LogP contribution in [0.25, 0.3) is 0 Å². The summed E-state index contributed by atoms with van der Waals surface area (Å²) in [6.07, 6.45) is -1.91. The lowest BCUT2D eigenvalue weighted by molar-refractivity contribution is -0.137. The van der Waals surface area contributed by atoms with Crippen molar-refractivity contribution >= 4 is 11.6 Å². The number of anilines is 1. The van der Waals surface area contributed by atoms with Crippen LogP contribution in [0.5, 0.6) is 0 Å². The number of nitrogens with zero attached hydrogens (tertiary/aromatic N) is 3. The molecule has 2 atom stereocenters. The van der Waals surface area contributed by atoms with Crippen molar-refractivity contribution in [3.63, 3.8) is 0 Å². The average molecular weight is 421 g/mol. The van der Waals surface area contributed by atoms with Crippen LogP contribution in [0.1, 0.15) is 37.3 Å². The molecule has 1 aromatic carbocycles. The maximum atomic E-state index is 13.4. The summed E-state index contributed by atoms with van der Waals surface area (Å²) >= 11 is 0. The van der Waals surface area contributed by atoms with Gasteiger partial charge in [0.25, 0.3) is 0 Å². The minimum atomic E-state index is -4.57. The number of hydrogen-bond acceptors (Lipinski definition) is 4. The van der Waals surface area contributed by atoms with E-state index in [4.69, 9.17) is 10.00 Å². The fourth-order valence-corrected chi connectivity index (χ4v) is 4.88. The molecule has 0 bridgehead atoms. The zero-order chi connectivity index (χ0) is 21.5. The van der Waals surface area contributed by atoms with Gasteiger partial charge in [-0.15, -0.1) is 0 Å². The Kier molecular flexibility index (Phi) is 5.43. The van der Waals surface area contributed by atoms with E-state index < -0.39 is 11.7 Å². The second-order valence-corrected chi connectivity index (χ2v) is 8.72. The third-order valence-corrected chi connectivity index (χ3v) is 6.76. The van der Waals surface area contributed by atoms with E-state index in [1.54, 1.807) is 12.1 Å². The monoisotopic (exact) mass is 421 g/mol. The first-order valence-corrected chi connectivity index (χ1v) is 10.5. The first-order chi connectivity index (χ1) is 14.3. The SMILES string of the molecule is CCOC[C@@]12CCN(c3ccc(C#N)c(C(F)(F)F)c3)C[C@@H]1CN(C(=O)C1CC1)C2. The fraction of sp³-hybridized carbons (Fsp3) is 0.636. The highest BCUT2D eigenvalue weighted by Crippen LogP contribution is 2.46. The lowest BCUT2D eigenvalue weighted by Crippen LogP contribution is -2.49. The van der Waals surface area contributed by atoms with Crippen LogP contribution in [0.3, 0.4) is 0 Å². The Hall–Kier alpha value is -2.27. The van der Waals surface area contributed by atoms with Crippen molar-refractivity contribution < 1.29 is 22.7 Å². The molecule has 4 rings (SSSR count). The van der Waals surface area contributed by atoms with Gasteiger partial charge < -0.3 is 14.5 Å². The number of piperidine rings is 1. The zero-order valence-electron chi connectivity index (χ0n) is 17.0. The summed E-state index contributed by atoms with van der Waals surface area (Å²) in [5.41, 5.74) is -0.934. The number of amides is 1. The van der Waals surface area contributed by atoms with Gasteiger partial charge in [0.2, 0.25) is 5.91 Å². The van der Waals surface area contributed by atoms with Crippen LogP contribution in [0.2, 0.25) is 0 Å². The van der Waals surface area contributed by atoms with E-state index in [1.807, 2.05) is 16.7 Å². The largest absolute Gasteiger partial charge is 0.417 e. The summed E-state index contributed by atoms with van der Waals surface area (Å²) in [6.45, 7) is 5.57. The molecule has 1 amide bonds. The molecule has 3 aliphatic rings. The normalized spacial score (nSPS) is 26.4. The Morgan fingerprint density at radius 1 is 1.33 bits per heavy atom. The molecule has 2 aliphatic heterocycles. The maximum Gasteiger partial charge on any atom is 0.417 e. The third kappa shape index (κ3) is 3.87. The zero-order valence-corrected chi connectivity index (χ0v) is 17.0. The molecule has 0 spiro atoms. The molecule has 1 aromatic rings. The summed E-state index contributed by atoms with van der Waals surface area (Å²) in [6, 6.07) is 5.55. The van der Waals surface area contributed by atoms with Crippen molar-refractivity contribution in [3.05, 3.63) is 29.3 Å². The van der Waals surface area contributed by atoms with Crippen LogP contribution in [-0.4, -0.2) is 50.2 Å². The number of ether oxygens (including phenoxy) is 1. The number of likely N-dealkylation sites (tertiary alicyclic amines) is 1. The maximum absolute atomic E-state index is 13.4. The fourth-order valence-electron chi connectivity index (χ4n) is 4.88. The van der Waals surface area contributed by atoms with E-state index in [1.165, 1.54) is 6.07 Å². The lowest BCUT2D eigenvalue weighted by atomic mass is 9.73. The van der Waals surface area contributed by atoms with Crippen molar-refractivity contribution in [2.24, 2.45) is 17.3 Å². The highest BCUT2D eigenvalue weighted by Gasteiger charge is 2.52. The van der Waals surface area contributed by atoms with Crippen LogP contribution in [0.4, 0.5) is 18.9 Å². The van der Waals surface area contributed by atoms with Gasteiger partial charge >= 0.3 is 6.18 Å². The number of carbonyl (C=O) groups is 1. The van der Waals surface area contributed by atoms with Gasteiger partial charge in [-0.1, -0.05) is 0 Å². The minimum Gasteiger partial charge on any atom is -0.381 e. The molecule has 5 nitrogen and oxygen atoms in total. The molecule has 2 heterocycles. The molecule has 1 aliphatic carbocycles. The van der Waals surface area contributed by atoms with E-state index in [-0.39, 0.29) is 28.7 Å². The van der Waals surface area contributed by atoms with Gasteiger partial charge in [0.05, 0.1) is 23.8 Å². The summed E-state index contributed by atoms with van der Waals surface area (Å²) in [5.74, 6) is 0.508. The smallest absolute Gasteiger partial charge is 0.381 e. The highest BCUT2D eigenvalue weighted by atomic mass is 19.4. The highest BCUT2D eigenvalue weighted by molar-refractivity contribution is 5.81. The number of hydrogen-bond donors (Lipinski definition) is 0. The molecular weight excluding hydrogens is 395 g/mol. The standard InChI is InChI=1S/C22H26F3N3O2/c1-2-30-14-21-7-8-27(11-17(21)12-28(13-21)20(29)15-3-4-15)18-6-5-16(10-26)19(9-18)22(23,24)25/h5-6,9,15,17H,2-4,7-8,11-14H2,1H3/t17-,21+/m1/s1. The molecule has 30 heavy (non-hydrogen) atoms. The molecule has 1 saturated carbocycles. The summed E-state index contributed by atoms with van der Waals surface area (Å²) in [4.78, 5) is 16.6. The number of rotatable bonds is 5. The van der Waals surface area contributed by atoms with Crippen molar-refractivity contribution in [3.8, 4) is 6.07 Å². The summed E-state index contributed by atoms with van der Waals surface area (Å²) in [5, 5.41) is 9.04. The Labute approximate surface area is 174 Å². The van der Waals surface area contributed by atoms with Crippen LogP contribution < -0.4 is 4.90 Å². The van der Waals surface area contributed by atoms with Crippen LogP contribution >= 0.6 is 0 Å². The Morgan fingerprint density at radius 3 is 2.73 bits per heavy atom. The molecule has 8 heteroatoms. The number of benzene rings is 1. The number of fused-ring (bicyclic) bond motifs is 1. The Morgan fingerprint density at radius 2 is 2.10 bits per heavy atom. The van der Waals surface area contributed by atoms with E-state index in [0.29, 0.717) is 45.1 Å². The molecule has 162 valence electrons. The predicted molar refractivity (Wildman–Crippen MR) is 105 cm³/mol. The molecule has 0 unspecified atom stereocenters. The molecule has 2 saturated heterocycles. The average Bonchev–Trinajstić information content (AvgIpc) is 3.50. The van der Waals surface area contributed by atoms with Gasteiger partial charge in [-0.25, -0.2) is 0 Å². The first-order valence-electron chi connectivity index (χ1n) is 10.5. The van der Waals surface area contributed by atoms with Gasteiger partial charge in [-0.3, -0.25) is 4.79 Å². The number of carbonyl (C=O) groups excluding carboxylic acids is 1. The molecule has 0 radical (unpaired) electrons. The van der Waals surface area contributed by atoms with Gasteiger partial charge in [0.15, 0.2) is 0 Å². The topological polar surface area (TPSA) is 56.6 Å². The van der Waals surface area contributed by atoms with Gasteiger partial charge in [0, 0.05) is 55.7 Å². The van der Waals surface area contributed by atoms with Crippen LogP contribution in [0.15, 0.2) is 18.2 Å². The summed E-state index contributed by atoms with van der Waals surface area (Å²) < 4.78 is 45.9. The van der Waals surface area contributed by atoms with E-state index in [2.05, 4.69) is 0 Å². The molecular formula is C22H26F3N3O2. The number of alkyl halides is 3. The number of nitriles is 1. The van der Waals surface area contributed by atoms with Gasteiger partial charge in [0.1, 0.15) is 0 Å². The molecule has 0 aromatic heterocycles. The van der Waals surface area contributed by atoms with Gasteiger partial charge in [-0.2, -0.15) is 18.4 Å². The Bertz CT molecular complexity index is 862. The quantitative estimate of drug-likeness (QED) is 0.728. The van der Waals surface area contributed by atoms with Crippen LogP contribution in [0, 0.1) is 28.6 Å². The van der Waals surface area contributed by atoms with Crippen molar-refractivity contribution in [1.82, 2.24) is 4.90 Å². The van der Waals surface area contributed by atoms with Gasteiger partial charge in [-0.05, 0) is 44.4 Å². The molecule has 3 fully saturated rings. The second kappa shape index (κ2) is 7.77. The van der Waals surface area contributed by atoms with E-state index in [9.17, 15) is 18.0 Å². The molecule has 0 N–H and O–H groups in total. The second-order valence-electron chi connectivity index (χ2n) is 8.72. The van der Waals surface area contributed by atoms with Crippen molar-refractivity contribution in [1.29, 1.82) is 5.26 Å².